The first-order valence-electron chi connectivity index (χ1n) is 18.9. The van der Waals surface area contributed by atoms with E-state index in [4.69, 9.17) is 15.0 Å². The molecule has 8 aromatic carbocycles. The first kappa shape index (κ1) is 33.8. The van der Waals surface area contributed by atoms with Gasteiger partial charge in [-0.3, -0.25) is 0 Å². The average Bonchev–Trinajstić information content (AvgIpc) is 3.66. The number of nitrogens with zero attached hydrogens (tertiary/aromatic N) is 3. The Hall–Kier alpha value is -6.79. The molecule has 0 radical (unpaired) electrons. The van der Waals surface area contributed by atoms with Gasteiger partial charge in [-0.25, -0.2) is 15.0 Å². The van der Waals surface area contributed by atoms with Gasteiger partial charge in [-0.1, -0.05) is 194 Å². The van der Waals surface area contributed by atoms with E-state index in [1.807, 2.05) is 72.0 Å². The maximum atomic E-state index is 4.99. The van der Waals surface area contributed by atoms with Crippen molar-refractivity contribution in [3.8, 4) is 45.3 Å². The van der Waals surface area contributed by atoms with Crippen LogP contribution in [0.4, 0.5) is 0 Å². The van der Waals surface area contributed by atoms with Gasteiger partial charge in [-0.15, -0.1) is 11.3 Å². The van der Waals surface area contributed by atoms with Crippen LogP contribution in [0.3, 0.4) is 0 Å². The normalized spacial score (nSPS) is 11.6. The van der Waals surface area contributed by atoms with Crippen LogP contribution >= 0.6 is 11.3 Å². The summed E-state index contributed by atoms with van der Waals surface area (Å²) in [5.74, 6) is 1.99. The lowest BCUT2D eigenvalue weighted by atomic mass is 10.0. The number of hydrogen-bond acceptors (Lipinski definition) is 4. The lowest BCUT2D eigenvalue weighted by molar-refractivity contribution is 1.07. The molecule has 56 heavy (non-hydrogen) atoms. The van der Waals surface area contributed by atoms with E-state index in [-0.39, 0.29) is 0 Å². The first-order valence-corrected chi connectivity index (χ1v) is 21.7. The average molecular weight is 750 g/mol. The van der Waals surface area contributed by atoms with Gasteiger partial charge in [-0.05, 0) is 50.1 Å². The number of hydrogen-bond donors (Lipinski definition) is 0. The van der Waals surface area contributed by atoms with Crippen molar-refractivity contribution in [1.82, 2.24) is 15.0 Å². The van der Waals surface area contributed by atoms with E-state index >= 15 is 0 Å². The molecule has 0 N–H and O–H groups in total. The highest BCUT2D eigenvalue weighted by atomic mass is 32.1. The van der Waals surface area contributed by atoms with Crippen molar-refractivity contribution in [2.75, 3.05) is 0 Å². The minimum Gasteiger partial charge on any atom is -0.208 e. The number of benzene rings is 8. The van der Waals surface area contributed by atoms with Gasteiger partial charge in [0, 0.05) is 36.9 Å². The van der Waals surface area contributed by atoms with Crippen molar-refractivity contribution < 1.29 is 0 Å². The monoisotopic (exact) mass is 749 g/mol. The summed E-state index contributed by atoms with van der Waals surface area (Å²) in [6, 6.07) is 76.4. The summed E-state index contributed by atoms with van der Waals surface area (Å²) in [6.07, 6.45) is 0. The maximum Gasteiger partial charge on any atom is 0.179 e. The fourth-order valence-electron chi connectivity index (χ4n) is 8.03. The van der Waals surface area contributed by atoms with Crippen molar-refractivity contribution in [2.24, 2.45) is 0 Å². The molecule has 0 fully saturated rings. The predicted molar refractivity (Wildman–Crippen MR) is 238 cm³/mol. The number of aromatic nitrogens is 3. The van der Waals surface area contributed by atoms with Crippen LogP contribution < -0.4 is 20.7 Å². The largest absolute Gasteiger partial charge is 0.208 e. The first-order chi connectivity index (χ1) is 27.7. The Morgan fingerprint density at radius 2 is 0.714 bits per heavy atom. The lowest BCUT2D eigenvalue weighted by Crippen LogP contribution is -2.74. The van der Waals surface area contributed by atoms with Gasteiger partial charge in [0.05, 0.1) is 0 Å². The topological polar surface area (TPSA) is 38.7 Å². The maximum absolute atomic E-state index is 4.99. The van der Waals surface area contributed by atoms with Gasteiger partial charge in [0.25, 0.3) is 0 Å². The molecule has 10 aromatic rings. The second-order valence-electron chi connectivity index (χ2n) is 14.0. The molecule has 2 aromatic heterocycles. The van der Waals surface area contributed by atoms with Gasteiger partial charge in [0.2, 0.25) is 0 Å². The van der Waals surface area contributed by atoms with E-state index in [0.717, 1.165) is 16.7 Å². The van der Waals surface area contributed by atoms with Gasteiger partial charge in [-0.2, -0.15) is 0 Å². The molecule has 0 aliphatic rings. The summed E-state index contributed by atoms with van der Waals surface area (Å²) in [6.45, 7) is 0. The predicted octanol–water partition coefficient (Wildman–Crippen LogP) is 10.3. The highest BCUT2D eigenvalue weighted by Crippen LogP contribution is 2.38. The molecule has 0 aliphatic carbocycles. The van der Waals surface area contributed by atoms with Crippen molar-refractivity contribution in [1.29, 1.82) is 0 Å². The van der Waals surface area contributed by atoms with Crippen LogP contribution in [-0.4, -0.2) is 23.0 Å². The highest BCUT2D eigenvalue weighted by molar-refractivity contribution is 7.25. The highest BCUT2D eigenvalue weighted by Gasteiger charge is 2.41. The zero-order valence-corrected chi connectivity index (χ0v) is 32.3. The molecule has 264 valence electrons. The molecule has 5 heteroatoms. The van der Waals surface area contributed by atoms with Crippen LogP contribution in [0.5, 0.6) is 0 Å². The molecule has 0 amide bonds. The molecule has 0 spiro atoms. The number of thiophene rings is 1. The second-order valence-corrected chi connectivity index (χ2v) is 18.9. The molecule has 0 atom stereocenters. The molecule has 3 nitrogen and oxygen atoms in total. The molecular weight excluding hydrogens is 715 g/mol. The van der Waals surface area contributed by atoms with E-state index in [9.17, 15) is 0 Å². The lowest BCUT2D eigenvalue weighted by Gasteiger charge is -2.34. The molecule has 2 heterocycles. The van der Waals surface area contributed by atoms with Crippen molar-refractivity contribution in [3.63, 3.8) is 0 Å². The molecule has 0 saturated carbocycles. The van der Waals surface area contributed by atoms with Gasteiger partial charge < -0.3 is 0 Å². The molecule has 0 aliphatic heterocycles. The molecule has 0 bridgehead atoms. The zero-order chi connectivity index (χ0) is 37.3. The summed E-state index contributed by atoms with van der Waals surface area (Å²) >= 11 is 1.81. The van der Waals surface area contributed by atoms with E-state index in [1.165, 1.54) is 52.0 Å². The minimum absolute atomic E-state index is 0.664. The second kappa shape index (κ2) is 14.5. The van der Waals surface area contributed by atoms with E-state index in [0.29, 0.717) is 17.5 Å². The summed E-state index contributed by atoms with van der Waals surface area (Å²) < 4.78 is 2.46. The Labute approximate surface area is 331 Å². The van der Waals surface area contributed by atoms with Crippen LogP contribution in [0.15, 0.2) is 212 Å². The third-order valence-electron chi connectivity index (χ3n) is 10.7. The van der Waals surface area contributed by atoms with Crippen molar-refractivity contribution in [3.05, 3.63) is 212 Å². The molecular formula is C51H35N3SSi. The summed E-state index contributed by atoms with van der Waals surface area (Å²) in [4.78, 5) is 14.9. The quantitative estimate of drug-likeness (QED) is 0.115. The van der Waals surface area contributed by atoms with Crippen molar-refractivity contribution in [2.45, 2.75) is 0 Å². The Kier molecular flexibility index (Phi) is 8.71. The number of fused-ring (bicyclic) bond motifs is 3. The van der Waals surface area contributed by atoms with Crippen LogP contribution in [0.25, 0.3) is 65.5 Å². The van der Waals surface area contributed by atoms with Crippen LogP contribution in [0.2, 0.25) is 0 Å². The molecule has 0 saturated heterocycles. The minimum atomic E-state index is -2.65. The fourth-order valence-corrected chi connectivity index (χ4v) is 14.0. The van der Waals surface area contributed by atoms with Crippen LogP contribution in [-0.2, 0) is 0 Å². The molecule has 10 rings (SSSR count). The zero-order valence-electron chi connectivity index (χ0n) is 30.5. The van der Waals surface area contributed by atoms with Gasteiger partial charge in [0.15, 0.2) is 25.5 Å². The van der Waals surface area contributed by atoms with Gasteiger partial charge >= 0.3 is 0 Å². The van der Waals surface area contributed by atoms with Crippen molar-refractivity contribution >= 4 is 60.3 Å². The fraction of sp³-hybridized carbons (Fsp3) is 0. The Balaban J connectivity index is 1.09. The van der Waals surface area contributed by atoms with Crippen LogP contribution in [0, 0.1) is 0 Å². The van der Waals surface area contributed by atoms with E-state index in [2.05, 4.69) is 152 Å². The standard InChI is InChI=1S/C51H35N3SSi/c1-6-17-36(18-7-1)49-52-50(37-19-8-2-9-20-37)54-51(53-49)40-29-31-45-46-34-39(30-32-47(46)55-48(45)35-40)38-21-16-28-44(33-38)56(41-22-10-3-11-23-41,42-24-12-4-13-25-42)43-26-14-5-15-27-43/h1-35H. The SMILES string of the molecule is c1ccc(-c2nc(-c3ccccc3)nc(-c3ccc4c(c3)sc3ccc(-c5cccc([Si](c6ccccc6)(c6ccccc6)c6ccccc6)c5)cc34)n2)cc1. The molecule has 0 unspecified atom stereocenters. The van der Waals surface area contributed by atoms with Gasteiger partial charge in [0.1, 0.15) is 0 Å². The summed E-state index contributed by atoms with van der Waals surface area (Å²) in [7, 11) is -2.65. The van der Waals surface area contributed by atoms with E-state index < -0.39 is 8.07 Å². The van der Waals surface area contributed by atoms with Crippen LogP contribution in [0.1, 0.15) is 0 Å². The third-order valence-corrected chi connectivity index (χ3v) is 16.6. The third kappa shape index (κ3) is 6.04. The van der Waals surface area contributed by atoms with E-state index in [1.54, 1.807) is 0 Å². The Morgan fingerprint density at radius 1 is 0.286 bits per heavy atom. The summed E-state index contributed by atoms with van der Waals surface area (Å²) in [5, 5.41) is 7.95. The summed E-state index contributed by atoms with van der Waals surface area (Å²) in [5.41, 5.74) is 5.32. The number of rotatable bonds is 8. The Bertz CT molecular complexity index is 2800. The Morgan fingerprint density at radius 3 is 1.25 bits per heavy atom. The smallest absolute Gasteiger partial charge is 0.179 e.